The fourth-order valence-electron chi connectivity index (χ4n) is 2.88. The minimum atomic E-state index is -0.387. The van der Waals surface area contributed by atoms with E-state index in [1.54, 1.807) is 0 Å². The number of ketones is 1. The summed E-state index contributed by atoms with van der Waals surface area (Å²) in [5, 5.41) is 0.701. The maximum Gasteiger partial charge on any atom is 0.149 e. The van der Waals surface area contributed by atoms with Crippen LogP contribution in [0.15, 0.2) is 29.2 Å². The van der Waals surface area contributed by atoms with Gasteiger partial charge in [0, 0.05) is 10.8 Å². The summed E-state index contributed by atoms with van der Waals surface area (Å²) in [4.78, 5) is 13.4. The largest absolute Gasteiger partial charge is 0.369 e. The molecule has 0 radical (unpaired) electrons. The standard InChI is InChI=1S/C16H21ClO2S/c1-15(2)9-11(16(3,4)19-15)13(18)10-20-14-8-6-5-7-12(14)17/h5-8,11H,9-10H2,1-4H3. The first-order valence-electron chi connectivity index (χ1n) is 6.81. The Bertz CT molecular complexity index is 511. The van der Waals surface area contributed by atoms with Crippen molar-refractivity contribution >= 4 is 29.1 Å². The molecule has 1 aromatic rings. The van der Waals surface area contributed by atoms with Crippen LogP contribution in [0, 0.1) is 5.92 Å². The third-order valence-electron chi connectivity index (χ3n) is 3.67. The molecule has 0 aromatic heterocycles. The van der Waals surface area contributed by atoms with Gasteiger partial charge in [-0.05, 0) is 46.2 Å². The average molecular weight is 313 g/mol. The van der Waals surface area contributed by atoms with E-state index < -0.39 is 0 Å². The van der Waals surface area contributed by atoms with Crippen molar-refractivity contribution in [2.75, 3.05) is 5.75 Å². The van der Waals surface area contributed by atoms with E-state index in [0.29, 0.717) is 10.8 Å². The summed E-state index contributed by atoms with van der Waals surface area (Å²) in [6.07, 6.45) is 0.780. The van der Waals surface area contributed by atoms with Gasteiger partial charge in [-0.2, -0.15) is 0 Å². The molecule has 2 nitrogen and oxygen atoms in total. The van der Waals surface area contributed by atoms with Crippen LogP contribution in [-0.4, -0.2) is 22.7 Å². The Balaban J connectivity index is 2.01. The van der Waals surface area contributed by atoms with Crippen molar-refractivity contribution in [3.05, 3.63) is 29.3 Å². The van der Waals surface area contributed by atoms with Gasteiger partial charge < -0.3 is 4.74 Å². The zero-order valence-electron chi connectivity index (χ0n) is 12.4. The highest BCUT2D eigenvalue weighted by Crippen LogP contribution is 2.43. The highest BCUT2D eigenvalue weighted by molar-refractivity contribution is 8.00. The Morgan fingerprint density at radius 1 is 1.35 bits per heavy atom. The predicted molar refractivity (Wildman–Crippen MR) is 84.5 cm³/mol. The lowest BCUT2D eigenvalue weighted by atomic mass is 9.84. The fourth-order valence-corrected chi connectivity index (χ4v) is 4.05. The van der Waals surface area contributed by atoms with Crippen LogP contribution in [0.3, 0.4) is 0 Å². The molecule has 1 aromatic carbocycles. The van der Waals surface area contributed by atoms with Gasteiger partial charge in [-0.1, -0.05) is 23.7 Å². The molecule has 1 atom stereocenters. The zero-order valence-corrected chi connectivity index (χ0v) is 14.0. The van der Waals surface area contributed by atoms with Crippen LogP contribution in [0.1, 0.15) is 34.1 Å². The van der Waals surface area contributed by atoms with E-state index in [1.807, 2.05) is 52.0 Å². The maximum absolute atomic E-state index is 12.5. The molecule has 1 unspecified atom stereocenters. The number of rotatable bonds is 4. The summed E-state index contributed by atoms with van der Waals surface area (Å²) in [5.74, 6) is 0.634. The number of hydrogen-bond donors (Lipinski definition) is 0. The first-order valence-corrected chi connectivity index (χ1v) is 8.18. The fraction of sp³-hybridized carbons (Fsp3) is 0.562. The van der Waals surface area contributed by atoms with Gasteiger partial charge in [-0.15, -0.1) is 11.8 Å². The molecule has 20 heavy (non-hydrogen) atoms. The molecule has 1 heterocycles. The first kappa shape index (κ1) is 15.9. The smallest absolute Gasteiger partial charge is 0.149 e. The van der Waals surface area contributed by atoms with Gasteiger partial charge in [-0.25, -0.2) is 0 Å². The van der Waals surface area contributed by atoms with Crippen LogP contribution in [0.5, 0.6) is 0 Å². The summed E-state index contributed by atoms with van der Waals surface area (Å²) in [7, 11) is 0. The minimum Gasteiger partial charge on any atom is -0.369 e. The number of thioether (sulfide) groups is 1. The van der Waals surface area contributed by atoms with Gasteiger partial charge in [0.05, 0.1) is 22.0 Å². The Morgan fingerprint density at radius 3 is 2.55 bits per heavy atom. The molecule has 1 saturated heterocycles. The van der Waals surface area contributed by atoms with Crippen LogP contribution in [-0.2, 0) is 9.53 Å². The summed E-state index contributed by atoms with van der Waals surface area (Å²) < 4.78 is 5.99. The molecule has 110 valence electrons. The second kappa shape index (κ2) is 5.70. The van der Waals surface area contributed by atoms with Crippen molar-refractivity contribution in [3.63, 3.8) is 0 Å². The molecular weight excluding hydrogens is 292 g/mol. The van der Waals surface area contributed by atoms with Gasteiger partial charge in [-0.3, -0.25) is 4.79 Å². The van der Waals surface area contributed by atoms with Crippen LogP contribution in [0.25, 0.3) is 0 Å². The van der Waals surface area contributed by atoms with E-state index in [-0.39, 0.29) is 22.9 Å². The summed E-state index contributed by atoms with van der Waals surface area (Å²) in [5.41, 5.74) is -0.611. The molecule has 0 N–H and O–H groups in total. The summed E-state index contributed by atoms with van der Waals surface area (Å²) in [6, 6.07) is 7.62. The lowest BCUT2D eigenvalue weighted by Gasteiger charge is -2.26. The Morgan fingerprint density at radius 2 is 2.00 bits per heavy atom. The van der Waals surface area contributed by atoms with E-state index in [4.69, 9.17) is 16.3 Å². The highest BCUT2D eigenvalue weighted by atomic mass is 35.5. The van der Waals surface area contributed by atoms with Crippen LogP contribution in [0.2, 0.25) is 5.02 Å². The second-order valence-corrected chi connectivity index (χ2v) is 7.83. The highest BCUT2D eigenvalue weighted by Gasteiger charge is 2.48. The monoisotopic (exact) mass is 312 g/mol. The van der Waals surface area contributed by atoms with Gasteiger partial charge in [0.25, 0.3) is 0 Å². The van der Waals surface area contributed by atoms with E-state index >= 15 is 0 Å². The molecule has 4 heteroatoms. The molecule has 0 amide bonds. The van der Waals surface area contributed by atoms with Crippen molar-refractivity contribution < 1.29 is 9.53 Å². The number of hydrogen-bond acceptors (Lipinski definition) is 3. The molecule has 2 rings (SSSR count). The number of carbonyl (C=O) groups excluding carboxylic acids is 1. The molecule has 0 spiro atoms. The number of ether oxygens (including phenoxy) is 1. The van der Waals surface area contributed by atoms with Gasteiger partial charge in [0.1, 0.15) is 5.78 Å². The third kappa shape index (κ3) is 3.57. The predicted octanol–water partition coefficient (Wildman–Crippen LogP) is 4.59. The van der Waals surface area contributed by atoms with Gasteiger partial charge in [0.2, 0.25) is 0 Å². The lowest BCUT2D eigenvalue weighted by molar-refractivity contribution is -0.126. The molecule has 1 aliphatic heterocycles. The molecule has 0 bridgehead atoms. The van der Waals surface area contributed by atoms with E-state index in [0.717, 1.165) is 11.3 Å². The number of Topliss-reactive ketones (excluding diaryl/α,β-unsaturated/α-hetero) is 1. The van der Waals surface area contributed by atoms with E-state index in [2.05, 4.69) is 0 Å². The Hall–Kier alpha value is -0.510. The Labute approximate surface area is 130 Å². The number of halogens is 1. The average Bonchev–Trinajstić information content (AvgIpc) is 2.56. The van der Waals surface area contributed by atoms with Gasteiger partial charge >= 0.3 is 0 Å². The second-order valence-electron chi connectivity index (χ2n) is 6.41. The summed E-state index contributed by atoms with van der Waals surface area (Å²) in [6.45, 7) is 8.10. The van der Waals surface area contributed by atoms with Crippen LogP contribution in [0.4, 0.5) is 0 Å². The quantitative estimate of drug-likeness (QED) is 0.760. The third-order valence-corrected chi connectivity index (χ3v) is 5.21. The number of carbonyl (C=O) groups is 1. The Kier molecular flexibility index (Phi) is 4.53. The van der Waals surface area contributed by atoms with Crippen LogP contribution >= 0.6 is 23.4 Å². The zero-order chi connectivity index (χ0) is 15.0. The lowest BCUT2D eigenvalue weighted by Crippen LogP contribution is -2.34. The SMILES string of the molecule is CC1(C)CC(C(=O)CSc2ccccc2Cl)C(C)(C)O1. The summed E-state index contributed by atoms with van der Waals surface area (Å²) >= 11 is 7.62. The van der Waals surface area contributed by atoms with Crippen molar-refractivity contribution in [3.8, 4) is 0 Å². The van der Waals surface area contributed by atoms with Crippen LogP contribution < -0.4 is 0 Å². The molecule has 0 saturated carbocycles. The first-order chi connectivity index (χ1) is 9.21. The van der Waals surface area contributed by atoms with E-state index in [1.165, 1.54) is 11.8 Å². The van der Waals surface area contributed by atoms with Crippen molar-refractivity contribution in [1.82, 2.24) is 0 Å². The number of benzene rings is 1. The van der Waals surface area contributed by atoms with Crippen molar-refractivity contribution in [1.29, 1.82) is 0 Å². The molecular formula is C16H21ClO2S. The topological polar surface area (TPSA) is 26.3 Å². The molecule has 1 fully saturated rings. The maximum atomic E-state index is 12.5. The van der Waals surface area contributed by atoms with Crippen molar-refractivity contribution in [2.24, 2.45) is 5.92 Å². The molecule has 1 aliphatic rings. The van der Waals surface area contributed by atoms with E-state index in [9.17, 15) is 4.79 Å². The van der Waals surface area contributed by atoms with Crippen molar-refractivity contribution in [2.45, 2.75) is 50.2 Å². The van der Waals surface area contributed by atoms with Gasteiger partial charge in [0.15, 0.2) is 0 Å². The molecule has 0 aliphatic carbocycles. The normalized spacial score (nSPS) is 23.8. The minimum absolute atomic E-state index is 0.0486.